The minimum absolute atomic E-state index is 0.308. The van der Waals surface area contributed by atoms with Gasteiger partial charge in [-0.05, 0) is 12.5 Å². The number of H-pyrrole nitrogens is 1. The average molecular weight is 304 g/mol. The van der Waals surface area contributed by atoms with Gasteiger partial charge in [0.25, 0.3) is 5.91 Å². The SMILES string of the molecule is CCCc1cc(NC(=O)c2cc(Cl)sc2Cl)n[nH]1. The fourth-order valence-electron chi connectivity index (χ4n) is 1.50. The Labute approximate surface area is 118 Å². The fraction of sp³-hybridized carbons (Fsp3) is 0.273. The van der Waals surface area contributed by atoms with E-state index in [1.54, 1.807) is 6.07 Å². The molecule has 0 aliphatic rings. The van der Waals surface area contributed by atoms with Crippen molar-refractivity contribution >= 4 is 46.3 Å². The number of carbonyl (C=O) groups is 1. The molecule has 2 aromatic rings. The first-order chi connectivity index (χ1) is 8.60. The van der Waals surface area contributed by atoms with Crippen LogP contribution in [0.1, 0.15) is 29.4 Å². The van der Waals surface area contributed by atoms with E-state index >= 15 is 0 Å². The summed E-state index contributed by atoms with van der Waals surface area (Å²) in [6.45, 7) is 2.08. The molecule has 7 heteroatoms. The first-order valence-electron chi connectivity index (χ1n) is 5.40. The second-order valence-corrected chi connectivity index (χ2v) is 6.01. The third-order valence-corrected chi connectivity index (χ3v) is 3.78. The Hall–Kier alpha value is -1.04. The van der Waals surface area contributed by atoms with Crippen LogP contribution in [0.15, 0.2) is 12.1 Å². The zero-order valence-corrected chi connectivity index (χ0v) is 11.9. The van der Waals surface area contributed by atoms with Crippen LogP contribution in [0.2, 0.25) is 8.67 Å². The van der Waals surface area contributed by atoms with Crippen molar-refractivity contribution in [3.05, 3.63) is 32.1 Å². The van der Waals surface area contributed by atoms with Gasteiger partial charge in [0, 0.05) is 11.8 Å². The molecule has 4 nitrogen and oxygen atoms in total. The number of hydrogen-bond acceptors (Lipinski definition) is 3. The molecule has 0 bridgehead atoms. The van der Waals surface area contributed by atoms with Gasteiger partial charge in [-0.2, -0.15) is 5.10 Å². The monoisotopic (exact) mass is 303 g/mol. The summed E-state index contributed by atoms with van der Waals surface area (Å²) in [7, 11) is 0. The predicted octanol–water partition coefficient (Wildman–Crippen LogP) is 3.98. The molecule has 2 N–H and O–H groups in total. The summed E-state index contributed by atoms with van der Waals surface area (Å²) < 4.78 is 0.862. The summed E-state index contributed by atoms with van der Waals surface area (Å²) in [5, 5.41) is 9.54. The number of thiophene rings is 1. The second kappa shape index (κ2) is 5.73. The van der Waals surface area contributed by atoms with Gasteiger partial charge in [0.05, 0.1) is 9.90 Å². The van der Waals surface area contributed by atoms with Gasteiger partial charge in [-0.15, -0.1) is 11.3 Å². The lowest BCUT2D eigenvalue weighted by atomic mass is 10.2. The molecule has 0 saturated carbocycles. The number of rotatable bonds is 4. The minimum Gasteiger partial charge on any atom is -0.305 e. The lowest BCUT2D eigenvalue weighted by Crippen LogP contribution is -2.11. The van der Waals surface area contributed by atoms with Crippen molar-refractivity contribution in [3.8, 4) is 0 Å². The lowest BCUT2D eigenvalue weighted by Gasteiger charge is -1.98. The first kappa shape index (κ1) is 13.4. The molecule has 0 aliphatic carbocycles. The number of anilines is 1. The average Bonchev–Trinajstić information content (AvgIpc) is 2.86. The standard InChI is InChI=1S/C11H11Cl2N3OS/c1-2-3-6-4-9(16-15-6)14-11(17)7-5-8(12)18-10(7)13/h4-5H,2-3H2,1H3,(H2,14,15,16,17). The van der Waals surface area contributed by atoms with E-state index in [0.717, 1.165) is 29.9 Å². The highest BCUT2D eigenvalue weighted by Gasteiger charge is 2.15. The number of aryl methyl sites for hydroxylation is 1. The Morgan fingerprint density at radius 1 is 1.50 bits per heavy atom. The molecule has 2 heterocycles. The first-order valence-corrected chi connectivity index (χ1v) is 6.98. The van der Waals surface area contributed by atoms with Gasteiger partial charge in [-0.3, -0.25) is 9.89 Å². The van der Waals surface area contributed by atoms with E-state index in [9.17, 15) is 4.79 Å². The number of carbonyl (C=O) groups excluding carboxylic acids is 1. The molecule has 2 aromatic heterocycles. The summed E-state index contributed by atoms with van der Waals surface area (Å²) in [6, 6.07) is 3.35. The maximum absolute atomic E-state index is 11.9. The topological polar surface area (TPSA) is 57.8 Å². The number of aromatic amines is 1. The Kier molecular flexibility index (Phi) is 4.27. The lowest BCUT2D eigenvalue weighted by molar-refractivity contribution is 0.102. The van der Waals surface area contributed by atoms with Crippen LogP contribution in [0.4, 0.5) is 5.82 Å². The van der Waals surface area contributed by atoms with Crippen LogP contribution in [0, 0.1) is 0 Å². The van der Waals surface area contributed by atoms with Gasteiger partial charge >= 0.3 is 0 Å². The van der Waals surface area contributed by atoms with Gasteiger partial charge in [0.15, 0.2) is 5.82 Å². The van der Waals surface area contributed by atoms with Crippen molar-refractivity contribution in [1.82, 2.24) is 10.2 Å². The van der Waals surface area contributed by atoms with Crippen molar-refractivity contribution in [2.75, 3.05) is 5.32 Å². The minimum atomic E-state index is -0.308. The number of aromatic nitrogens is 2. The molecule has 18 heavy (non-hydrogen) atoms. The van der Waals surface area contributed by atoms with E-state index in [4.69, 9.17) is 23.2 Å². The van der Waals surface area contributed by atoms with Crippen LogP contribution < -0.4 is 5.32 Å². The fourth-order valence-corrected chi connectivity index (χ4v) is 2.96. The number of nitrogens with one attached hydrogen (secondary N) is 2. The van der Waals surface area contributed by atoms with Gasteiger partial charge in [-0.1, -0.05) is 36.5 Å². The van der Waals surface area contributed by atoms with E-state index in [0.29, 0.717) is 20.1 Å². The summed E-state index contributed by atoms with van der Waals surface area (Å²) in [4.78, 5) is 11.9. The Morgan fingerprint density at radius 3 is 2.89 bits per heavy atom. The Bertz CT molecular complexity index is 564. The third kappa shape index (κ3) is 3.04. The van der Waals surface area contributed by atoms with Crippen LogP contribution in [-0.4, -0.2) is 16.1 Å². The smallest absolute Gasteiger partial charge is 0.259 e. The number of halogens is 2. The van der Waals surface area contributed by atoms with Crippen LogP contribution in [0.5, 0.6) is 0 Å². The van der Waals surface area contributed by atoms with Crippen molar-refractivity contribution in [1.29, 1.82) is 0 Å². The molecule has 0 unspecified atom stereocenters. The quantitative estimate of drug-likeness (QED) is 0.897. The molecule has 1 amide bonds. The zero-order chi connectivity index (χ0) is 13.1. The molecule has 0 aliphatic heterocycles. The Balaban J connectivity index is 2.08. The maximum atomic E-state index is 11.9. The van der Waals surface area contributed by atoms with Crippen LogP contribution in [0.25, 0.3) is 0 Å². The molecule has 0 saturated heterocycles. The van der Waals surface area contributed by atoms with Crippen molar-refractivity contribution in [2.24, 2.45) is 0 Å². The second-order valence-electron chi connectivity index (χ2n) is 3.72. The molecule has 96 valence electrons. The highest BCUT2D eigenvalue weighted by molar-refractivity contribution is 7.20. The molecule has 0 aromatic carbocycles. The van der Waals surface area contributed by atoms with Crippen molar-refractivity contribution < 1.29 is 4.79 Å². The van der Waals surface area contributed by atoms with E-state index in [1.807, 2.05) is 6.07 Å². The largest absolute Gasteiger partial charge is 0.305 e. The highest BCUT2D eigenvalue weighted by atomic mass is 35.5. The number of amides is 1. The molecule has 2 rings (SSSR count). The van der Waals surface area contributed by atoms with Crippen molar-refractivity contribution in [2.45, 2.75) is 19.8 Å². The van der Waals surface area contributed by atoms with E-state index in [1.165, 1.54) is 0 Å². The highest BCUT2D eigenvalue weighted by Crippen LogP contribution is 2.31. The molecule has 0 fully saturated rings. The van der Waals surface area contributed by atoms with Gasteiger partial charge in [-0.25, -0.2) is 0 Å². The maximum Gasteiger partial charge on any atom is 0.259 e. The summed E-state index contributed by atoms with van der Waals surface area (Å²) in [6.07, 6.45) is 1.91. The summed E-state index contributed by atoms with van der Waals surface area (Å²) in [5.41, 5.74) is 1.36. The van der Waals surface area contributed by atoms with E-state index in [2.05, 4.69) is 22.4 Å². The molecule has 0 spiro atoms. The third-order valence-electron chi connectivity index (χ3n) is 2.29. The number of nitrogens with zero attached hydrogens (tertiary/aromatic N) is 1. The van der Waals surface area contributed by atoms with Crippen LogP contribution in [0.3, 0.4) is 0 Å². The molecular weight excluding hydrogens is 293 g/mol. The van der Waals surface area contributed by atoms with Gasteiger partial charge < -0.3 is 5.32 Å². The van der Waals surface area contributed by atoms with Crippen LogP contribution >= 0.6 is 34.5 Å². The molecule has 0 atom stereocenters. The normalized spacial score (nSPS) is 10.6. The van der Waals surface area contributed by atoms with E-state index in [-0.39, 0.29) is 5.91 Å². The van der Waals surface area contributed by atoms with Crippen molar-refractivity contribution in [3.63, 3.8) is 0 Å². The van der Waals surface area contributed by atoms with E-state index < -0.39 is 0 Å². The Morgan fingerprint density at radius 2 is 2.28 bits per heavy atom. The zero-order valence-electron chi connectivity index (χ0n) is 9.59. The van der Waals surface area contributed by atoms with Gasteiger partial charge in [0.2, 0.25) is 0 Å². The molecule has 0 radical (unpaired) electrons. The molecular formula is C11H11Cl2N3OS. The van der Waals surface area contributed by atoms with Crippen LogP contribution in [-0.2, 0) is 6.42 Å². The summed E-state index contributed by atoms with van der Waals surface area (Å²) >= 11 is 12.9. The van der Waals surface area contributed by atoms with Gasteiger partial charge in [0.1, 0.15) is 4.34 Å². The number of hydrogen-bond donors (Lipinski definition) is 2. The predicted molar refractivity (Wildman–Crippen MR) is 74.9 cm³/mol. The summed E-state index contributed by atoms with van der Waals surface area (Å²) in [5.74, 6) is 0.180.